The van der Waals surface area contributed by atoms with Crippen LogP contribution in [0.4, 0.5) is 9.18 Å². The van der Waals surface area contributed by atoms with Gasteiger partial charge in [-0.25, -0.2) is 9.18 Å². The number of hydrogen-bond acceptors (Lipinski definition) is 3. The summed E-state index contributed by atoms with van der Waals surface area (Å²) in [5.74, 6) is -0.264. The van der Waals surface area contributed by atoms with Crippen molar-refractivity contribution in [3.63, 3.8) is 0 Å². The molecule has 1 heterocycles. The molecule has 1 atom stereocenters. The number of carbonyl (C=O) groups excluding carboxylic acids is 1. The maximum absolute atomic E-state index is 13.2. The summed E-state index contributed by atoms with van der Waals surface area (Å²) in [5.41, 5.74) is 0.787. The van der Waals surface area contributed by atoms with Gasteiger partial charge in [0.2, 0.25) is 0 Å². The van der Waals surface area contributed by atoms with Crippen LogP contribution in [0.2, 0.25) is 0 Å². The molecule has 1 aliphatic rings. The van der Waals surface area contributed by atoms with Gasteiger partial charge in [-0.2, -0.15) is 0 Å². The molecule has 0 bridgehead atoms. The lowest BCUT2D eigenvalue weighted by Gasteiger charge is -2.38. The first kappa shape index (κ1) is 17.7. The van der Waals surface area contributed by atoms with Gasteiger partial charge < -0.3 is 20.5 Å². The van der Waals surface area contributed by atoms with Crippen LogP contribution in [-0.4, -0.2) is 43.5 Å². The highest BCUT2D eigenvalue weighted by Gasteiger charge is 2.34. The van der Waals surface area contributed by atoms with Crippen LogP contribution in [-0.2, 0) is 10.2 Å². The summed E-state index contributed by atoms with van der Waals surface area (Å²) in [5, 5.41) is 14.6. The molecule has 1 saturated heterocycles. The molecule has 6 heteroatoms. The number of carbonyl (C=O) groups is 1. The molecule has 0 saturated carbocycles. The van der Waals surface area contributed by atoms with Crippen LogP contribution in [0.3, 0.4) is 0 Å². The van der Waals surface area contributed by atoms with Crippen molar-refractivity contribution >= 4 is 6.03 Å². The van der Waals surface area contributed by atoms with Crippen molar-refractivity contribution < 1.29 is 19.0 Å². The van der Waals surface area contributed by atoms with E-state index >= 15 is 0 Å². The fraction of sp³-hybridized carbons (Fsp3) is 0.588. The van der Waals surface area contributed by atoms with E-state index in [0.29, 0.717) is 26.2 Å². The van der Waals surface area contributed by atoms with E-state index < -0.39 is 0 Å². The number of benzene rings is 1. The maximum atomic E-state index is 13.2. The molecule has 3 N–H and O–H groups in total. The van der Waals surface area contributed by atoms with Gasteiger partial charge in [0.1, 0.15) is 5.82 Å². The molecule has 1 aromatic rings. The highest BCUT2D eigenvalue weighted by atomic mass is 19.1. The van der Waals surface area contributed by atoms with Gasteiger partial charge in [0.05, 0.1) is 0 Å². The first-order valence-electron chi connectivity index (χ1n) is 8.05. The quantitative estimate of drug-likeness (QED) is 0.749. The summed E-state index contributed by atoms with van der Waals surface area (Å²) in [6.45, 7) is 3.61. The molecule has 2 amide bonds. The Morgan fingerprint density at radius 2 is 2.00 bits per heavy atom. The minimum Gasteiger partial charge on any atom is -0.396 e. The van der Waals surface area contributed by atoms with E-state index in [9.17, 15) is 9.18 Å². The van der Waals surface area contributed by atoms with Crippen molar-refractivity contribution in [1.29, 1.82) is 0 Å². The maximum Gasteiger partial charge on any atom is 0.315 e. The monoisotopic (exact) mass is 324 g/mol. The molecule has 1 aromatic carbocycles. The average molecular weight is 324 g/mol. The summed E-state index contributed by atoms with van der Waals surface area (Å²) in [6.07, 6.45) is 2.08. The van der Waals surface area contributed by atoms with E-state index in [1.165, 1.54) is 12.1 Å². The van der Waals surface area contributed by atoms with E-state index in [4.69, 9.17) is 9.84 Å². The van der Waals surface area contributed by atoms with Crippen LogP contribution >= 0.6 is 0 Å². The SMILES string of the molecule is C[C@H](CCO)NC(=O)NCC1(c2ccc(F)cc2)CCOCC1. The van der Waals surface area contributed by atoms with Crippen molar-refractivity contribution in [1.82, 2.24) is 10.6 Å². The van der Waals surface area contributed by atoms with Gasteiger partial charge in [0, 0.05) is 37.8 Å². The normalized spacial score (nSPS) is 18.2. The summed E-state index contributed by atoms with van der Waals surface area (Å²) >= 11 is 0. The van der Waals surface area contributed by atoms with Crippen LogP contribution in [0, 0.1) is 5.82 Å². The number of hydrogen-bond donors (Lipinski definition) is 3. The van der Waals surface area contributed by atoms with E-state index in [0.717, 1.165) is 18.4 Å². The van der Waals surface area contributed by atoms with E-state index in [-0.39, 0.29) is 29.9 Å². The van der Waals surface area contributed by atoms with Gasteiger partial charge in [-0.05, 0) is 43.9 Å². The lowest BCUT2D eigenvalue weighted by atomic mass is 9.74. The molecule has 2 rings (SSSR count). The number of urea groups is 1. The van der Waals surface area contributed by atoms with Crippen molar-refractivity contribution in [2.24, 2.45) is 0 Å². The Kier molecular flexibility index (Phi) is 6.36. The lowest BCUT2D eigenvalue weighted by molar-refractivity contribution is 0.0506. The predicted octanol–water partition coefficient (Wildman–Crippen LogP) is 1.94. The Morgan fingerprint density at radius 3 is 2.61 bits per heavy atom. The van der Waals surface area contributed by atoms with Gasteiger partial charge in [-0.1, -0.05) is 12.1 Å². The molecular weight excluding hydrogens is 299 g/mol. The highest BCUT2D eigenvalue weighted by molar-refractivity contribution is 5.74. The Labute approximate surface area is 136 Å². The zero-order valence-electron chi connectivity index (χ0n) is 13.5. The first-order chi connectivity index (χ1) is 11.1. The Balaban J connectivity index is 2.01. The van der Waals surface area contributed by atoms with E-state index in [2.05, 4.69) is 10.6 Å². The number of nitrogens with one attached hydrogen (secondary N) is 2. The molecule has 0 spiro atoms. The van der Waals surface area contributed by atoms with Gasteiger partial charge in [-0.3, -0.25) is 0 Å². The average Bonchev–Trinajstić information content (AvgIpc) is 2.55. The molecule has 1 fully saturated rings. The van der Waals surface area contributed by atoms with Gasteiger partial charge in [-0.15, -0.1) is 0 Å². The Hall–Kier alpha value is -1.66. The Bertz CT molecular complexity index is 501. The van der Waals surface area contributed by atoms with Crippen LogP contribution < -0.4 is 10.6 Å². The van der Waals surface area contributed by atoms with Crippen LogP contribution in [0.1, 0.15) is 31.7 Å². The smallest absolute Gasteiger partial charge is 0.315 e. The van der Waals surface area contributed by atoms with Crippen molar-refractivity contribution in [2.75, 3.05) is 26.4 Å². The molecule has 0 aromatic heterocycles. The van der Waals surface area contributed by atoms with Crippen LogP contribution in [0.25, 0.3) is 0 Å². The molecule has 0 unspecified atom stereocenters. The fourth-order valence-electron chi connectivity index (χ4n) is 2.92. The minimum atomic E-state index is -0.264. The summed E-state index contributed by atoms with van der Waals surface area (Å²) in [6, 6.07) is 6.14. The lowest BCUT2D eigenvalue weighted by Crippen LogP contribution is -2.49. The molecular formula is C17H25FN2O3. The standard InChI is InChI=1S/C17H25FN2O3/c1-13(6-9-21)20-16(22)19-12-17(7-10-23-11-8-17)14-2-4-15(18)5-3-14/h2-5,13,21H,6-12H2,1H3,(H2,19,20,22)/t13-/m1/s1. The highest BCUT2D eigenvalue weighted by Crippen LogP contribution is 2.34. The predicted molar refractivity (Wildman–Crippen MR) is 85.8 cm³/mol. The van der Waals surface area contributed by atoms with E-state index in [1.54, 1.807) is 12.1 Å². The molecule has 23 heavy (non-hydrogen) atoms. The van der Waals surface area contributed by atoms with Crippen LogP contribution in [0.5, 0.6) is 0 Å². The minimum absolute atomic E-state index is 0.0400. The summed E-state index contributed by atoms with van der Waals surface area (Å²) in [4.78, 5) is 12.0. The molecule has 1 aliphatic heterocycles. The second-order valence-corrected chi connectivity index (χ2v) is 6.14. The number of aliphatic hydroxyl groups is 1. The molecule has 0 radical (unpaired) electrons. The zero-order chi connectivity index (χ0) is 16.7. The summed E-state index contributed by atoms with van der Waals surface area (Å²) in [7, 11) is 0. The van der Waals surface area contributed by atoms with Crippen molar-refractivity contribution in [3.8, 4) is 0 Å². The van der Waals surface area contributed by atoms with Gasteiger partial charge in [0.15, 0.2) is 0 Å². The zero-order valence-corrected chi connectivity index (χ0v) is 13.5. The largest absolute Gasteiger partial charge is 0.396 e. The number of aliphatic hydroxyl groups excluding tert-OH is 1. The summed E-state index contributed by atoms with van der Waals surface area (Å²) < 4.78 is 18.6. The molecule has 128 valence electrons. The van der Waals surface area contributed by atoms with Crippen molar-refractivity contribution in [2.45, 2.75) is 37.6 Å². The number of rotatable bonds is 6. The number of amides is 2. The topological polar surface area (TPSA) is 70.6 Å². The third kappa shape index (κ3) is 4.91. The van der Waals surface area contributed by atoms with E-state index in [1.807, 2.05) is 6.92 Å². The molecule has 5 nitrogen and oxygen atoms in total. The first-order valence-corrected chi connectivity index (χ1v) is 8.05. The number of ether oxygens (including phenoxy) is 1. The number of halogens is 1. The van der Waals surface area contributed by atoms with Gasteiger partial charge >= 0.3 is 6.03 Å². The third-order valence-electron chi connectivity index (χ3n) is 4.43. The van der Waals surface area contributed by atoms with Crippen LogP contribution in [0.15, 0.2) is 24.3 Å². The fourth-order valence-corrected chi connectivity index (χ4v) is 2.92. The molecule has 0 aliphatic carbocycles. The second-order valence-electron chi connectivity index (χ2n) is 6.14. The van der Waals surface area contributed by atoms with Gasteiger partial charge in [0.25, 0.3) is 0 Å². The third-order valence-corrected chi connectivity index (χ3v) is 4.43. The second kappa shape index (κ2) is 8.26. The Morgan fingerprint density at radius 1 is 1.35 bits per heavy atom. The van der Waals surface area contributed by atoms with Crippen molar-refractivity contribution in [3.05, 3.63) is 35.6 Å².